The summed E-state index contributed by atoms with van der Waals surface area (Å²) in [5.41, 5.74) is 15.5. The quantitative estimate of drug-likeness (QED) is 0.823. The number of benzene rings is 2. The van der Waals surface area contributed by atoms with Gasteiger partial charge in [0.2, 0.25) is 0 Å². The first-order valence-corrected chi connectivity index (χ1v) is 4.93. The maximum Gasteiger partial charge on any atom is 0.0316 e. The third-order valence-electron chi connectivity index (χ3n) is 2.31. The van der Waals surface area contributed by atoms with Gasteiger partial charge in [-0.3, -0.25) is 0 Å². The van der Waals surface area contributed by atoms with Gasteiger partial charge in [0.1, 0.15) is 0 Å². The molecule has 0 radical (unpaired) electrons. The fourth-order valence-electron chi connectivity index (χ4n) is 1.64. The number of anilines is 2. The molecule has 2 aromatic carbocycles. The third-order valence-corrected chi connectivity index (χ3v) is 2.31. The van der Waals surface area contributed by atoms with Crippen LogP contribution in [0.4, 0.5) is 11.4 Å². The van der Waals surface area contributed by atoms with Crippen molar-refractivity contribution < 1.29 is 0 Å². The molecule has 92 valence electrons. The second kappa shape index (κ2) is 7.05. The highest BCUT2D eigenvalue weighted by Gasteiger charge is 1.97. The Hall–Kier alpha value is -1.38. The highest BCUT2D eigenvalue weighted by molar-refractivity contribution is 5.85. The first-order chi connectivity index (χ1) is 7.24. The summed E-state index contributed by atoms with van der Waals surface area (Å²) in [7, 11) is 0. The maximum absolute atomic E-state index is 5.72. The maximum atomic E-state index is 5.72. The van der Waals surface area contributed by atoms with E-state index in [0.717, 1.165) is 17.8 Å². The van der Waals surface area contributed by atoms with Gasteiger partial charge < -0.3 is 11.5 Å². The molecule has 17 heavy (non-hydrogen) atoms. The van der Waals surface area contributed by atoms with Crippen molar-refractivity contribution in [3.05, 3.63) is 59.7 Å². The molecule has 0 unspecified atom stereocenters. The minimum atomic E-state index is 0. The van der Waals surface area contributed by atoms with Gasteiger partial charge in [-0.1, -0.05) is 24.3 Å². The van der Waals surface area contributed by atoms with Gasteiger partial charge in [0.15, 0.2) is 0 Å². The zero-order valence-corrected chi connectivity index (χ0v) is 10.9. The minimum Gasteiger partial charge on any atom is -0.399 e. The first-order valence-electron chi connectivity index (χ1n) is 4.93. The van der Waals surface area contributed by atoms with E-state index in [2.05, 4.69) is 12.1 Å². The van der Waals surface area contributed by atoms with E-state index in [-0.39, 0.29) is 24.8 Å². The third kappa shape index (κ3) is 4.55. The van der Waals surface area contributed by atoms with Gasteiger partial charge >= 0.3 is 0 Å². The van der Waals surface area contributed by atoms with Crippen LogP contribution in [0.5, 0.6) is 0 Å². The van der Waals surface area contributed by atoms with E-state index in [1.165, 1.54) is 11.1 Å². The Morgan fingerprint density at radius 3 is 1.47 bits per heavy atom. The summed E-state index contributed by atoms with van der Waals surface area (Å²) in [5, 5.41) is 0. The number of nitrogens with two attached hydrogens (primary N) is 2. The van der Waals surface area contributed by atoms with Crippen molar-refractivity contribution in [3.63, 3.8) is 0 Å². The van der Waals surface area contributed by atoms with Crippen LogP contribution in [0.1, 0.15) is 11.1 Å². The van der Waals surface area contributed by atoms with Crippen LogP contribution < -0.4 is 11.5 Å². The lowest BCUT2D eigenvalue weighted by atomic mass is 10.0. The minimum absolute atomic E-state index is 0. The Labute approximate surface area is 114 Å². The number of hydrogen-bond acceptors (Lipinski definition) is 2. The van der Waals surface area contributed by atoms with Crippen molar-refractivity contribution in [3.8, 4) is 0 Å². The number of halogens is 2. The summed E-state index contributed by atoms with van der Waals surface area (Å²) < 4.78 is 0. The van der Waals surface area contributed by atoms with Crippen LogP contribution in [0.2, 0.25) is 0 Å². The van der Waals surface area contributed by atoms with Crippen LogP contribution in [0.3, 0.4) is 0 Å². The lowest BCUT2D eigenvalue weighted by Gasteiger charge is -2.03. The molecule has 0 aliphatic carbocycles. The van der Waals surface area contributed by atoms with E-state index in [1.54, 1.807) is 0 Å². The van der Waals surface area contributed by atoms with Gasteiger partial charge in [-0.15, -0.1) is 24.8 Å². The average Bonchev–Trinajstić information content (AvgIpc) is 2.17. The summed E-state index contributed by atoms with van der Waals surface area (Å²) in [6, 6.07) is 15.8. The molecule has 4 N–H and O–H groups in total. The summed E-state index contributed by atoms with van der Waals surface area (Å²) in [4.78, 5) is 0. The van der Waals surface area contributed by atoms with E-state index >= 15 is 0 Å². The Morgan fingerprint density at radius 2 is 1.12 bits per heavy atom. The predicted molar refractivity (Wildman–Crippen MR) is 79.0 cm³/mol. The lowest BCUT2D eigenvalue weighted by molar-refractivity contribution is 1.20. The molecule has 0 fully saturated rings. The van der Waals surface area contributed by atoms with Gasteiger partial charge in [-0.25, -0.2) is 0 Å². The van der Waals surface area contributed by atoms with Gasteiger partial charge in [-0.05, 0) is 41.8 Å². The molecular weight excluding hydrogens is 255 g/mol. The molecule has 0 saturated heterocycles. The summed E-state index contributed by atoms with van der Waals surface area (Å²) >= 11 is 0. The van der Waals surface area contributed by atoms with Crippen LogP contribution in [-0.4, -0.2) is 0 Å². The van der Waals surface area contributed by atoms with Crippen molar-refractivity contribution in [2.24, 2.45) is 0 Å². The summed E-state index contributed by atoms with van der Waals surface area (Å²) in [6.07, 6.45) is 0.871. The number of hydrogen-bond donors (Lipinski definition) is 2. The molecule has 0 aliphatic heterocycles. The molecule has 0 aromatic heterocycles. The van der Waals surface area contributed by atoms with E-state index in [9.17, 15) is 0 Å². The Kier molecular flexibility index (Phi) is 6.47. The lowest BCUT2D eigenvalue weighted by Crippen LogP contribution is -1.92. The monoisotopic (exact) mass is 270 g/mol. The number of nitrogen functional groups attached to an aromatic ring is 2. The van der Waals surface area contributed by atoms with Crippen molar-refractivity contribution in [1.82, 2.24) is 0 Å². The van der Waals surface area contributed by atoms with Gasteiger partial charge in [0, 0.05) is 11.4 Å². The summed E-state index contributed by atoms with van der Waals surface area (Å²) in [5.74, 6) is 0. The second-order valence-corrected chi connectivity index (χ2v) is 3.67. The molecule has 2 rings (SSSR count). The molecule has 0 saturated carbocycles. The molecule has 0 atom stereocenters. The van der Waals surface area contributed by atoms with E-state index in [1.807, 2.05) is 36.4 Å². The molecule has 0 bridgehead atoms. The van der Waals surface area contributed by atoms with Crippen molar-refractivity contribution in [2.45, 2.75) is 6.42 Å². The van der Waals surface area contributed by atoms with Crippen LogP contribution >= 0.6 is 24.8 Å². The molecule has 2 nitrogen and oxygen atoms in total. The number of rotatable bonds is 2. The molecule has 0 spiro atoms. The van der Waals surface area contributed by atoms with Crippen molar-refractivity contribution >= 4 is 36.2 Å². The van der Waals surface area contributed by atoms with Crippen LogP contribution in [0.25, 0.3) is 0 Å². The molecule has 0 heterocycles. The summed E-state index contributed by atoms with van der Waals surface area (Å²) in [6.45, 7) is 0. The van der Waals surface area contributed by atoms with Crippen LogP contribution in [0, 0.1) is 0 Å². The normalized spacial score (nSPS) is 8.94. The Balaban J connectivity index is 0.00000128. The van der Waals surface area contributed by atoms with Gasteiger partial charge in [-0.2, -0.15) is 0 Å². The van der Waals surface area contributed by atoms with Crippen molar-refractivity contribution in [2.75, 3.05) is 11.5 Å². The fraction of sp³-hybridized carbons (Fsp3) is 0.0769. The smallest absolute Gasteiger partial charge is 0.0316 e. The standard InChI is InChI=1S/C13H14N2.2ClH/c14-12-5-1-3-10(8-12)7-11-4-2-6-13(15)9-11;;/h1-6,8-9H,7,14-15H2;2*1H. The van der Waals surface area contributed by atoms with Crippen LogP contribution in [0.15, 0.2) is 48.5 Å². The average molecular weight is 271 g/mol. The Bertz CT molecular complexity index is 429. The van der Waals surface area contributed by atoms with E-state index in [4.69, 9.17) is 11.5 Å². The second-order valence-electron chi connectivity index (χ2n) is 3.67. The van der Waals surface area contributed by atoms with Crippen LogP contribution in [-0.2, 0) is 6.42 Å². The zero-order valence-electron chi connectivity index (χ0n) is 9.30. The first kappa shape index (κ1) is 15.6. The molecule has 2 aromatic rings. The fourth-order valence-corrected chi connectivity index (χ4v) is 1.64. The highest BCUT2D eigenvalue weighted by atomic mass is 35.5. The van der Waals surface area contributed by atoms with E-state index < -0.39 is 0 Å². The molecule has 0 amide bonds. The van der Waals surface area contributed by atoms with Gasteiger partial charge in [0.05, 0.1) is 0 Å². The molecular formula is C13H16Cl2N2. The molecule has 0 aliphatic rings. The van der Waals surface area contributed by atoms with Gasteiger partial charge in [0.25, 0.3) is 0 Å². The zero-order chi connectivity index (χ0) is 10.7. The Morgan fingerprint density at radius 1 is 0.706 bits per heavy atom. The van der Waals surface area contributed by atoms with Crippen molar-refractivity contribution in [1.29, 1.82) is 0 Å². The predicted octanol–water partition coefficient (Wildman–Crippen LogP) is 3.29. The van der Waals surface area contributed by atoms with E-state index in [0.29, 0.717) is 0 Å². The SMILES string of the molecule is Cl.Cl.Nc1cccc(Cc2cccc(N)c2)c1. The molecule has 4 heteroatoms. The highest BCUT2D eigenvalue weighted by Crippen LogP contribution is 2.14. The largest absolute Gasteiger partial charge is 0.399 e. The topological polar surface area (TPSA) is 52.0 Å².